The summed E-state index contributed by atoms with van der Waals surface area (Å²) in [4.78, 5) is 10.6. The van der Waals surface area contributed by atoms with E-state index in [4.69, 9.17) is 9.97 Å². The van der Waals surface area contributed by atoms with E-state index in [0.717, 1.165) is 66.8 Å². The average molecular weight is 700 g/mol. The maximum Gasteiger partial charge on any atom is 0.145 e. The highest BCUT2D eigenvalue weighted by Gasteiger charge is 2.19. The Morgan fingerprint density at radius 3 is 1.71 bits per heavy atom. The number of pyridine rings is 1. The molecule has 3 nitrogen and oxygen atoms in total. The van der Waals surface area contributed by atoms with Gasteiger partial charge in [0.1, 0.15) is 5.82 Å². The number of imidazole rings is 1. The molecule has 0 amide bonds. The fourth-order valence-electron chi connectivity index (χ4n) is 8.42. The van der Waals surface area contributed by atoms with Crippen LogP contribution in [0.5, 0.6) is 0 Å². The summed E-state index contributed by atoms with van der Waals surface area (Å²) in [5.74, 6) is 0.924. The predicted molar refractivity (Wildman–Crippen MR) is 231 cm³/mol. The Bertz CT molecular complexity index is 3240. The topological polar surface area (TPSA) is 30.7 Å². The van der Waals surface area contributed by atoms with Crippen LogP contribution >= 0.6 is 0 Å². The molecular weight excluding hydrogens is 667 g/mol. The van der Waals surface area contributed by atoms with Crippen molar-refractivity contribution in [1.82, 2.24) is 14.5 Å². The molecule has 2 aromatic heterocycles. The van der Waals surface area contributed by atoms with Gasteiger partial charge < -0.3 is 0 Å². The van der Waals surface area contributed by atoms with Crippen molar-refractivity contribution in [2.75, 3.05) is 0 Å². The van der Waals surface area contributed by atoms with Gasteiger partial charge >= 0.3 is 0 Å². The van der Waals surface area contributed by atoms with E-state index in [1.165, 1.54) is 38.1 Å². The monoisotopic (exact) mass is 699 g/mol. The van der Waals surface area contributed by atoms with Gasteiger partial charge in [-0.05, 0) is 85.6 Å². The van der Waals surface area contributed by atoms with Crippen molar-refractivity contribution in [2.24, 2.45) is 0 Å². The first-order valence-corrected chi connectivity index (χ1v) is 18.7. The van der Waals surface area contributed by atoms with Gasteiger partial charge in [0.15, 0.2) is 0 Å². The van der Waals surface area contributed by atoms with Crippen molar-refractivity contribution in [3.05, 3.63) is 200 Å². The van der Waals surface area contributed by atoms with Crippen molar-refractivity contribution in [1.29, 1.82) is 0 Å². The smallest absolute Gasteiger partial charge is 0.145 e. The molecule has 0 aliphatic carbocycles. The maximum atomic E-state index is 5.53. The Labute approximate surface area is 318 Å². The van der Waals surface area contributed by atoms with Gasteiger partial charge in [-0.25, -0.2) is 9.97 Å². The van der Waals surface area contributed by atoms with Gasteiger partial charge in [0, 0.05) is 27.6 Å². The van der Waals surface area contributed by atoms with E-state index in [1.54, 1.807) is 0 Å². The maximum absolute atomic E-state index is 5.53. The zero-order chi connectivity index (χ0) is 36.3. The van der Waals surface area contributed by atoms with Gasteiger partial charge in [0.2, 0.25) is 0 Å². The molecular formula is C52H33N3. The van der Waals surface area contributed by atoms with Crippen LogP contribution in [0.2, 0.25) is 0 Å². The third kappa shape index (κ3) is 5.13. The van der Waals surface area contributed by atoms with E-state index < -0.39 is 0 Å². The van der Waals surface area contributed by atoms with E-state index >= 15 is 0 Å². The summed E-state index contributed by atoms with van der Waals surface area (Å²) in [6.07, 6.45) is 0. The predicted octanol–water partition coefficient (Wildman–Crippen LogP) is 13.7. The van der Waals surface area contributed by atoms with Crippen LogP contribution < -0.4 is 0 Å². The van der Waals surface area contributed by atoms with Crippen molar-refractivity contribution in [3.8, 4) is 50.6 Å². The SMILES string of the molecule is c1ccc(-c2nc3ccccc3n2-c2ccc(-c3cc(-c4cccc5ccccc45)nc4c3cc(-c3cccc5ccccc35)c3ccccc34)cc2)cc1. The molecule has 0 bridgehead atoms. The highest BCUT2D eigenvalue weighted by atomic mass is 15.1. The zero-order valence-corrected chi connectivity index (χ0v) is 29.9. The lowest BCUT2D eigenvalue weighted by atomic mass is 9.89. The van der Waals surface area contributed by atoms with E-state index in [2.05, 4.69) is 199 Å². The van der Waals surface area contributed by atoms with Gasteiger partial charge in [-0.3, -0.25) is 4.57 Å². The van der Waals surface area contributed by atoms with E-state index in [-0.39, 0.29) is 0 Å². The first-order chi connectivity index (χ1) is 27.3. The minimum atomic E-state index is 0.924. The van der Waals surface area contributed by atoms with Gasteiger partial charge in [-0.1, -0.05) is 164 Å². The molecule has 0 atom stereocenters. The van der Waals surface area contributed by atoms with Crippen LogP contribution in [0, 0.1) is 0 Å². The van der Waals surface area contributed by atoms with E-state index in [1.807, 2.05) is 6.07 Å². The summed E-state index contributed by atoms with van der Waals surface area (Å²) in [6.45, 7) is 0. The van der Waals surface area contributed by atoms with Crippen molar-refractivity contribution in [2.45, 2.75) is 0 Å². The summed E-state index contributed by atoms with van der Waals surface area (Å²) in [6, 6.07) is 71.6. The lowest BCUT2D eigenvalue weighted by Gasteiger charge is -2.17. The second-order valence-electron chi connectivity index (χ2n) is 14.1. The molecule has 0 spiro atoms. The summed E-state index contributed by atoms with van der Waals surface area (Å²) < 4.78 is 2.27. The highest BCUT2D eigenvalue weighted by molar-refractivity contribution is 6.18. The number of nitrogens with zero attached hydrogens (tertiary/aromatic N) is 3. The van der Waals surface area contributed by atoms with Crippen LogP contribution in [0.4, 0.5) is 0 Å². The molecule has 0 aliphatic heterocycles. The Hall–Kier alpha value is -7.36. The van der Waals surface area contributed by atoms with E-state index in [0.29, 0.717) is 0 Å². The molecule has 55 heavy (non-hydrogen) atoms. The van der Waals surface area contributed by atoms with Crippen LogP contribution in [-0.2, 0) is 0 Å². The van der Waals surface area contributed by atoms with Crippen molar-refractivity contribution >= 4 is 54.3 Å². The van der Waals surface area contributed by atoms with Crippen LogP contribution in [0.3, 0.4) is 0 Å². The molecule has 0 aliphatic rings. The van der Waals surface area contributed by atoms with Crippen molar-refractivity contribution in [3.63, 3.8) is 0 Å². The van der Waals surface area contributed by atoms with Gasteiger partial charge in [0.05, 0.1) is 22.2 Å². The summed E-state index contributed by atoms with van der Waals surface area (Å²) in [7, 11) is 0. The molecule has 9 aromatic carbocycles. The number of rotatable bonds is 5. The average Bonchev–Trinajstić information content (AvgIpc) is 3.66. The lowest BCUT2D eigenvalue weighted by Crippen LogP contribution is -1.98. The van der Waals surface area contributed by atoms with Gasteiger partial charge in [-0.15, -0.1) is 0 Å². The molecule has 0 unspecified atom stereocenters. The molecule has 0 saturated carbocycles. The third-order valence-corrected chi connectivity index (χ3v) is 11.0. The summed E-state index contributed by atoms with van der Waals surface area (Å²) >= 11 is 0. The minimum Gasteiger partial charge on any atom is -0.292 e. The number of hydrogen-bond donors (Lipinski definition) is 0. The Morgan fingerprint density at radius 1 is 0.345 bits per heavy atom. The van der Waals surface area contributed by atoms with Crippen LogP contribution in [-0.4, -0.2) is 14.5 Å². The Kier molecular flexibility index (Phi) is 7.17. The fraction of sp³-hybridized carbons (Fsp3) is 0. The molecule has 0 radical (unpaired) electrons. The van der Waals surface area contributed by atoms with Crippen LogP contribution in [0.1, 0.15) is 0 Å². The summed E-state index contributed by atoms with van der Waals surface area (Å²) in [5, 5.41) is 8.31. The second-order valence-corrected chi connectivity index (χ2v) is 14.1. The van der Waals surface area contributed by atoms with Gasteiger partial charge in [-0.2, -0.15) is 0 Å². The first-order valence-electron chi connectivity index (χ1n) is 18.7. The number of benzene rings is 9. The number of fused-ring (bicyclic) bond motifs is 6. The molecule has 11 rings (SSSR count). The second kappa shape index (κ2) is 12.6. The molecule has 0 fully saturated rings. The largest absolute Gasteiger partial charge is 0.292 e. The first kappa shape index (κ1) is 31.2. The summed E-state index contributed by atoms with van der Waals surface area (Å²) in [5.41, 5.74) is 12.0. The van der Waals surface area contributed by atoms with Crippen LogP contribution in [0.25, 0.3) is 105 Å². The number of hydrogen-bond acceptors (Lipinski definition) is 2. The Morgan fingerprint density at radius 2 is 0.945 bits per heavy atom. The molecule has 2 heterocycles. The quantitative estimate of drug-likeness (QED) is 0.167. The van der Waals surface area contributed by atoms with E-state index in [9.17, 15) is 0 Å². The highest BCUT2D eigenvalue weighted by Crippen LogP contribution is 2.43. The molecule has 256 valence electrons. The number of aromatic nitrogens is 3. The van der Waals surface area contributed by atoms with Crippen molar-refractivity contribution < 1.29 is 0 Å². The zero-order valence-electron chi connectivity index (χ0n) is 29.9. The van der Waals surface area contributed by atoms with Gasteiger partial charge in [0.25, 0.3) is 0 Å². The molecule has 11 aromatic rings. The molecule has 3 heteroatoms. The molecule has 0 N–H and O–H groups in total. The standard InChI is InChI=1S/C52H33N3/c1-2-16-37(17-3-1)52-54-48-26-10-11-27-50(48)55(52)38-30-28-36(29-31-38)45-33-49(43-25-13-19-35-15-5-7-21-40(35)43)53-51-44-23-9-8-22-42(44)46(32-47(45)51)41-24-12-18-34-14-4-6-20-39(34)41/h1-33H. The minimum absolute atomic E-state index is 0.924. The normalized spacial score (nSPS) is 11.6. The Balaban J connectivity index is 1.18. The molecule has 0 saturated heterocycles. The lowest BCUT2D eigenvalue weighted by molar-refractivity contribution is 1.10. The number of para-hydroxylation sites is 2. The fourth-order valence-corrected chi connectivity index (χ4v) is 8.42. The third-order valence-electron chi connectivity index (χ3n) is 11.0. The van der Waals surface area contributed by atoms with Crippen LogP contribution in [0.15, 0.2) is 200 Å².